The first kappa shape index (κ1) is 25.0. The second-order valence-corrected chi connectivity index (χ2v) is 10.5. The summed E-state index contributed by atoms with van der Waals surface area (Å²) in [6.07, 6.45) is 7.48. The van der Waals surface area contributed by atoms with Crippen LogP contribution >= 0.6 is 11.6 Å². The Kier molecular flexibility index (Phi) is 8.14. The quantitative estimate of drug-likeness (QED) is 0.446. The molecule has 3 amide bonds. The molecule has 1 aromatic rings. The predicted octanol–water partition coefficient (Wildman–Crippen LogP) is 3.59. The number of piperazine rings is 1. The number of anilines is 1. The van der Waals surface area contributed by atoms with Gasteiger partial charge in [-0.3, -0.25) is 24.2 Å². The second-order valence-electron chi connectivity index (χ2n) is 10.1. The van der Waals surface area contributed by atoms with Crippen LogP contribution in [-0.2, 0) is 14.4 Å². The summed E-state index contributed by atoms with van der Waals surface area (Å²) in [5, 5.41) is 0.754. The van der Waals surface area contributed by atoms with Gasteiger partial charge in [-0.25, -0.2) is 0 Å². The fraction of sp³-hybridized carbons (Fsp3) is 0.654. The van der Waals surface area contributed by atoms with Crippen molar-refractivity contribution < 1.29 is 14.4 Å². The van der Waals surface area contributed by atoms with Gasteiger partial charge in [0.2, 0.25) is 17.7 Å². The van der Waals surface area contributed by atoms with Crippen LogP contribution in [0.15, 0.2) is 24.3 Å². The molecule has 1 aromatic carbocycles. The molecule has 0 aromatic heterocycles. The summed E-state index contributed by atoms with van der Waals surface area (Å²) in [6, 6.07) is 7.97. The lowest BCUT2D eigenvalue weighted by atomic mass is 9.84. The molecule has 2 N–H and O–H groups in total. The van der Waals surface area contributed by atoms with E-state index >= 15 is 0 Å². The number of carbonyl (C=O) groups excluding carboxylic acids is 3. The third kappa shape index (κ3) is 5.41. The molecule has 2 heterocycles. The Labute approximate surface area is 207 Å². The van der Waals surface area contributed by atoms with E-state index in [1.165, 1.54) is 4.90 Å². The number of carbonyl (C=O) groups is 3. The third-order valence-electron chi connectivity index (χ3n) is 7.92. The minimum atomic E-state index is -1.14. The number of nitrogens with two attached hydrogens (primary N) is 1. The number of imide groups is 1. The van der Waals surface area contributed by atoms with E-state index in [0.717, 1.165) is 88.4 Å². The van der Waals surface area contributed by atoms with Crippen molar-refractivity contribution in [2.75, 3.05) is 37.6 Å². The monoisotopic (exact) mass is 488 g/mol. The maximum atomic E-state index is 13.3. The lowest BCUT2D eigenvalue weighted by molar-refractivity contribution is -0.156. The van der Waals surface area contributed by atoms with E-state index in [-0.39, 0.29) is 24.2 Å². The average Bonchev–Trinajstić information content (AvgIpc) is 3.19. The van der Waals surface area contributed by atoms with Crippen LogP contribution in [0.3, 0.4) is 0 Å². The zero-order chi connectivity index (χ0) is 24.1. The van der Waals surface area contributed by atoms with Gasteiger partial charge in [-0.05, 0) is 63.3 Å². The van der Waals surface area contributed by atoms with Crippen LogP contribution in [0, 0.1) is 5.92 Å². The van der Waals surface area contributed by atoms with Crippen LogP contribution in [0.25, 0.3) is 0 Å². The minimum Gasteiger partial charge on any atom is -0.369 e. The molecule has 1 atom stereocenters. The van der Waals surface area contributed by atoms with Gasteiger partial charge in [0.1, 0.15) is 5.54 Å². The number of nitrogens with zero attached hydrogens (tertiary/aromatic N) is 3. The van der Waals surface area contributed by atoms with Crippen molar-refractivity contribution in [1.82, 2.24) is 9.80 Å². The SMILES string of the molecule is NC(=O)C1(CCCCN2CCN(c3cccc(Cl)c3)CC2)CCC(=O)N1C(=O)C1CCCCC1. The van der Waals surface area contributed by atoms with Crippen molar-refractivity contribution in [3.8, 4) is 0 Å². The molecular formula is C26H37ClN4O3. The van der Waals surface area contributed by atoms with Crippen LogP contribution in [-0.4, -0.2) is 65.8 Å². The lowest BCUT2D eigenvalue weighted by Crippen LogP contribution is -2.58. The normalized spacial score (nSPS) is 24.6. The number of hydrogen-bond acceptors (Lipinski definition) is 5. The fourth-order valence-electron chi connectivity index (χ4n) is 5.89. The highest BCUT2D eigenvalue weighted by molar-refractivity contribution is 6.30. The second kappa shape index (κ2) is 11.1. The summed E-state index contributed by atoms with van der Waals surface area (Å²) in [7, 11) is 0. The highest BCUT2D eigenvalue weighted by Crippen LogP contribution is 2.38. The van der Waals surface area contributed by atoms with E-state index in [2.05, 4.69) is 15.9 Å². The molecule has 3 aliphatic rings. The number of hydrogen-bond donors (Lipinski definition) is 1. The predicted molar refractivity (Wildman–Crippen MR) is 134 cm³/mol. The van der Waals surface area contributed by atoms with Crippen molar-refractivity contribution in [3.05, 3.63) is 29.3 Å². The molecular weight excluding hydrogens is 452 g/mol. The van der Waals surface area contributed by atoms with Crippen LogP contribution in [0.5, 0.6) is 0 Å². The largest absolute Gasteiger partial charge is 0.369 e. The molecule has 0 radical (unpaired) electrons. The maximum absolute atomic E-state index is 13.3. The highest BCUT2D eigenvalue weighted by Gasteiger charge is 2.53. The number of halogens is 1. The van der Waals surface area contributed by atoms with Crippen molar-refractivity contribution >= 4 is 35.0 Å². The third-order valence-corrected chi connectivity index (χ3v) is 8.16. The van der Waals surface area contributed by atoms with Gasteiger partial charge in [-0.1, -0.05) is 36.9 Å². The number of rotatable bonds is 8. The summed E-state index contributed by atoms with van der Waals surface area (Å²) < 4.78 is 0. The average molecular weight is 489 g/mol. The fourth-order valence-corrected chi connectivity index (χ4v) is 6.08. The summed E-state index contributed by atoms with van der Waals surface area (Å²) in [5.74, 6) is -1.08. The van der Waals surface area contributed by atoms with Gasteiger partial charge in [0.05, 0.1) is 0 Å². The zero-order valence-electron chi connectivity index (χ0n) is 20.0. The molecule has 1 aliphatic carbocycles. The Bertz CT molecular complexity index is 896. The first-order valence-corrected chi connectivity index (χ1v) is 13.2. The summed E-state index contributed by atoms with van der Waals surface area (Å²) in [5.41, 5.74) is 5.86. The Balaban J connectivity index is 1.28. The van der Waals surface area contributed by atoms with E-state index in [9.17, 15) is 14.4 Å². The van der Waals surface area contributed by atoms with Crippen LogP contribution in [0.4, 0.5) is 5.69 Å². The molecule has 7 nitrogen and oxygen atoms in total. The Morgan fingerprint density at radius 1 is 1.06 bits per heavy atom. The molecule has 34 heavy (non-hydrogen) atoms. The number of likely N-dealkylation sites (tertiary alicyclic amines) is 1. The number of primary amides is 1. The Morgan fingerprint density at radius 2 is 1.79 bits per heavy atom. The van der Waals surface area contributed by atoms with Crippen LogP contribution in [0.1, 0.15) is 64.2 Å². The minimum absolute atomic E-state index is 0.148. The molecule has 2 aliphatic heterocycles. The first-order chi connectivity index (χ1) is 16.4. The van der Waals surface area contributed by atoms with Gasteiger partial charge in [0.25, 0.3) is 0 Å². The molecule has 1 unspecified atom stereocenters. The number of amides is 3. The van der Waals surface area contributed by atoms with Gasteiger partial charge >= 0.3 is 0 Å². The first-order valence-electron chi connectivity index (χ1n) is 12.8. The zero-order valence-corrected chi connectivity index (χ0v) is 20.8. The standard InChI is InChI=1S/C26H37ClN4O3/c27-21-9-6-10-22(19-21)30-17-15-29(16-18-30)14-5-4-12-26(25(28)34)13-11-23(32)31(26)24(33)20-7-2-1-3-8-20/h6,9-10,19-20H,1-5,7-8,11-18H2,(H2,28,34). The molecule has 4 rings (SSSR count). The number of unbranched alkanes of at least 4 members (excludes halogenated alkanes) is 1. The molecule has 186 valence electrons. The summed E-state index contributed by atoms with van der Waals surface area (Å²) >= 11 is 6.13. The van der Waals surface area contributed by atoms with E-state index in [0.29, 0.717) is 12.8 Å². The van der Waals surface area contributed by atoms with E-state index in [1.54, 1.807) is 0 Å². The van der Waals surface area contributed by atoms with Crippen molar-refractivity contribution in [2.24, 2.45) is 11.7 Å². The van der Waals surface area contributed by atoms with Crippen molar-refractivity contribution in [1.29, 1.82) is 0 Å². The highest BCUT2D eigenvalue weighted by atomic mass is 35.5. The van der Waals surface area contributed by atoms with Gasteiger partial charge in [0.15, 0.2) is 0 Å². The van der Waals surface area contributed by atoms with E-state index in [4.69, 9.17) is 17.3 Å². The molecule has 3 fully saturated rings. The smallest absolute Gasteiger partial charge is 0.243 e. The molecule has 8 heteroatoms. The molecule has 2 saturated heterocycles. The van der Waals surface area contributed by atoms with Gasteiger partial charge in [-0.2, -0.15) is 0 Å². The lowest BCUT2D eigenvalue weighted by Gasteiger charge is -2.38. The molecule has 0 spiro atoms. The van der Waals surface area contributed by atoms with Gasteiger partial charge in [-0.15, -0.1) is 0 Å². The Morgan fingerprint density at radius 3 is 2.47 bits per heavy atom. The van der Waals surface area contributed by atoms with Crippen LogP contribution in [0.2, 0.25) is 5.02 Å². The van der Waals surface area contributed by atoms with E-state index in [1.807, 2.05) is 18.2 Å². The maximum Gasteiger partial charge on any atom is 0.243 e. The Hall–Kier alpha value is -2.12. The van der Waals surface area contributed by atoms with Crippen LogP contribution < -0.4 is 10.6 Å². The summed E-state index contributed by atoms with van der Waals surface area (Å²) in [6.45, 7) is 4.77. The van der Waals surface area contributed by atoms with Crippen molar-refractivity contribution in [3.63, 3.8) is 0 Å². The van der Waals surface area contributed by atoms with Gasteiger partial charge < -0.3 is 10.6 Å². The van der Waals surface area contributed by atoms with E-state index < -0.39 is 11.4 Å². The molecule has 1 saturated carbocycles. The summed E-state index contributed by atoms with van der Waals surface area (Å²) in [4.78, 5) is 44.6. The van der Waals surface area contributed by atoms with Crippen molar-refractivity contribution in [2.45, 2.75) is 69.7 Å². The molecule has 0 bridgehead atoms. The topological polar surface area (TPSA) is 87.0 Å². The number of benzene rings is 1. The van der Waals surface area contributed by atoms with Gasteiger partial charge in [0, 0.05) is 49.2 Å².